The van der Waals surface area contributed by atoms with Crippen molar-refractivity contribution in [1.29, 1.82) is 5.26 Å². The van der Waals surface area contributed by atoms with Crippen molar-refractivity contribution in [2.45, 2.75) is 20.4 Å². The molecule has 1 N–H and O–H groups in total. The second-order valence-corrected chi connectivity index (χ2v) is 5.45. The number of pyridine rings is 1. The molecule has 0 saturated carbocycles. The smallest absolute Gasteiger partial charge is 0.281 e. The number of aromatic hydroxyl groups is 1. The molecule has 0 atom stereocenters. The molecule has 0 bridgehead atoms. The fraction of sp³-hybridized carbons (Fsp3) is 0.200. The zero-order valence-electron chi connectivity index (χ0n) is 12.3. The predicted molar refractivity (Wildman–Crippen MR) is 88.1 cm³/mol. The molecule has 0 aliphatic heterocycles. The average Bonchev–Trinajstić information content (AvgIpc) is 2.51. The van der Waals surface area contributed by atoms with Gasteiger partial charge in [0.15, 0.2) is 5.69 Å². The summed E-state index contributed by atoms with van der Waals surface area (Å²) in [4.78, 5) is 12.3. The average molecular weight is 351 g/mol. The maximum absolute atomic E-state index is 12.3. The van der Waals surface area contributed by atoms with Crippen LogP contribution in [0, 0.1) is 18.3 Å². The Labute approximate surface area is 142 Å². The van der Waals surface area contributed by atoms with Crippen LogP contribution in [0.5, 0.6) is 5.88 Å². The van der Waals surface area contributed by atoms with Crippen LogP contribution in [-0.4, -0.2) is 9.67 Å². The van der Waals surface area contributed by atoms with Gasteiger partial charge >= 0.3 is 0 Å². The van der Waals surface area contributed by atoms with Crippen molar-refractivity contribution < 1.29 is 5.11 Å². The minimum atomic E-state index is -0.523. The van der Waals surface area contributed by atoms with Gasteiger partial charge in [0.1, 0.15) is 11.6 Å². The van der Waals surface area contributed by atoms with Crippen molar-refractivity contribution in [3.63, 3.8) is 0 Å². The monoisotopic (exact) mass is 350 g/mol. The molecule has 0 fully saturated rings. The summed E-state index contributed by atoms with van der Waals surface area (Å²) < 4.78 is 1.06. The summed E-state index contributed by atoms with van der Waals surface area (Å²) in [7, 11) is 0. The van der Waals surface area contributed by atoms with E-state index >= 15 is 0 Å². The normalized spacial score (nSPS) is 10.9. The lowest BCUT2D eigenvalue weighted by Crippen LogP contribution is -2.20. The van der Waals surface area contributed by atoms with Gasteiger partial charge in [-0.15, -0.1) is 5.11 Å². The maximum atomic E-state index is 12.3. The third-order valence-corrected chi connectivity index (χ3v) is 3.99. The zero-order valence-corrected chi connectivity index (χ0v) is 13.9. The molecule has 2 aromatic rings. The molecule has 1 heterocycles. The molecule has 8 heteroatoms. The molecule has 0 aliphatic carbocycles. The van der Waals surface area contributed by atoms with Gasteiger partial charge in [-0.3, -0.25) is 9.36 Å². The lowest BCUT2D eigenvalue weighted by Gasteiger charge is -2.10. The second kappa shape index (κ2) is 6.82. The summed E-state index contributed by atoms with van der Waals surface area (Å²) in [5, 5.41) is 27.7. The van der Waals surface area contributed by atoms with E-state index in [9.17, 15) is 9.90 Å². The molecule has 1 aromatic carbocycles. The van der Waals surface area contributed by atoms with Gasteiger partial charge in [-0.25, -0.2) is 0 Å². The van der Waals surface area contributed by atoms with Crippen LogP contribution in [0.3, 0.4) is 0 Å². The molecule has 23 heavy (non-hydrogen) atoms. The Morgan fingerprint density at radius 1 is 1.30 bits per heavy atom. The minimum absolute atomic E-state index is 0.00506. The van der Waals surface area contributed by atoms with Crippen LogP contribution in [0.25, 0.3) is 0 Å². The van der Waals surface area contributed by atoms with Gasteiger partial charge in [0.05, 0.1) is 15.7 Å². The standard InChI is InChI=1S/C15H12Cl2N4O2/c1-3-21-14(22)10(7-18)8(2)13(15(21)23)20-19-9-4-5-11(16)12(17)6-9/h4-6,22H,3H2,1-2H3. The highest BCUT2D eigenvalue weighted by atomic mass is 35.5. The Hall–Kier alpha value is -2.36. The summed E-state index contributed by atoms with van der Waals surface area (Å²) in [5.74, 6) is -0.369. The Kier molecular flexibility index (Phi) is 5.04. The first-order chi connectivity index (χ1) is 10.9. The van der Waals surface area contributed by atoms with Crippen molar-refractivity contribution in [2.75, 3.05) is 0 Å². The SMILES string of the molecule is CCn1c(O)c(C#N)c(C)c(N=Nc2ccc(Cl)c(Cl)c2)c1=O. The third-order valence-electron chi connectivity index (χ3n) is 3.25. The first-order valence-corrected chi connectivity index (χ1v) is 7.39. The van der Waals surface area contributed by atoms with E-state index in [-0.39, 0.29) is 29.2 Å². The van der Waals surface area contributed by atoms with Crippen molar-refractivity contribution in [2.24, 2.45) is 10.2 Å². The molecular formula is C15H12Cl2N4O2. The van der Waals surface area contributed by atoms with Crippen molar-refractivity contribution in [1.82, 2.24) is 4.57 Å². The van der Waals surface area contributed by atoms with E-state index in [1.807, 2.05) is 6.07 Å². The molecular weight excluding hydrogens is 339 g/mol. The highest BCUT2D eigenvalue weighted by Gasteiger charge is 2.18. The van der Waals surface area contributed by atoms with E-state index in [1.54, 1.807) is 19.1 Å². The Morgan fingerprint density at radius 2 is 2.00 bits per heavy atom. The number of benzene rings is 1. The molecule has 0 unspecified atom stereocenters. The lowest BCUT2D eigenvalue weighted by molar-refractivity contribution is 0.409. The highest BCUT2D eigenvalue weighted by molar-refractivity contribution is 6.42. The Bertz CT molecular complexity index is 898. The van der Waals surface area contributed by atoms with Crippen LogP contribution in [0.4, 0.5) is 11.4 Å². The topological polar surface area (TPSA) is 90.7 Å². The van der Waals surface area contributed by atoms with Crippen molar-refractivity contribution in [3.8, 4) is 11.9 Å². The van der Waals surface area contributed by atoms with Crippen LogP contribution in [0.15, 0.2) is 33.2 Å². The van der Waals surface area contributed by atoms with Gasteiger partial charge in [0.25, 0.3) is 5.56 Å². The number of rotatable bonds is 3. The quantitative estimate of drug-likeness (QED) is 0.827. The van der Waals surface area contributed by atoms with Gasteiger partial charge in [0.2, 0.25) is 5.88 Å². The van der Waals surface area contributed by atoms with Gasteiger partial charge in [-0.05, 0) is 32.0 Å². The van der Waals surface area contributed by atoms with Crippen molar-refractivity contribution in [3.05, 3.63) is 49.7 Å². The first kappa shape index (κ1) is 17.0. The van der Waals surface area contributed by atoms with E-state index in [0.29, 0.717) is 15.7 Å². The number of azo groups is 1. The van der Waals surface area contributed by atoms with Gasteiger partial charge < -0.3 is 5.11 Å². The summed E-state index contributed by atoms with van der Waals surface area (Å²) >= 11 is 11.7. The molecule has 1 aromatic heterocycles. The fourth-order valence-corrected chi connectivity index (χ4v) is 2.30. The second-order valence-electron chi connectivity index (χ2n) is 4.63. The molecule has 118 valence electrons. The van der Waals surface area contributed by atoms with E-state index in [4.69, 9.17) is 28.5 Å². The number of nitrogens with zero attached hydrogens (tertiary/aromatic N) is 4. The van der Waals surface area contributed by atoms with Crippen LogP contribution in [0.2, 0.25) is 10.0 Å². The Morgan fingerprint density at radius 3 is 2.57 bits per heavy atom. The van der Waals surface area contributed by atoms with Crippen LogP contribution >= 0.6 is 23.2 Å². The molecule has 2 rings (SSSR count). The van der Waals surface area contributed by atoms with Crippen LogP contribution < -0.4 is 5.56 Å². The first-order valence-electron chi connectivity index (χ1n) is 6.64. The molecule has 0 aliphatic rings. The van der Waals surface area contributed by atoms with Gasteiger partial charge in [-0.2, -0.15) is 10.4 Å². The van der Waals surface area contributed by atoms with E-state index in [2.05, 4.69) is 10.2 Å². The van der Waals surface area contributed by atoms with E-state index in [1.165, 1.54) is 13.0 Å². The summed E-state index contributed by atoms with van der Waals surface area (Å²) in [5.41, 5.74) is 0.142. The zero-order chi connectivity index (χ0) is 17.1. The third kappa shape index (κ3) is 3.21. The van der Waals surface area contributed by atoms with E-state index in [0.717, 1.165) is 4.57 Å². The minimum Gasteiger partial charge on any atom is -0.493 e. The van der Waals surface area contributed by atoms with Gasteiger partial charge in [-0.1, -0.05) is 23.2 Å². The molecule has 0 saturated heterocycles. The summed E-state index contributed by atoms with van der Waals surface area (Å²) in [6.07, 6.45) is 0. The van der Waals surface area contributed by atoms with Crippen LogP contribution in [-0.2, 0) is 6.54 Å². The predicted octanol–water partition coefficient (Wildman–Crippen LogP) is 4.48. The van der Waals surface area contributed by atoms with Crippen LogP contribution in [0.1, 0.15) is 18.1 Å². The number of aromatic nitrogens is 1. The largest absolute Gasteiger partial charge is 0.493 e. The molecule has 0 radical (unpaired) electrons. The van der Waals surface area contributed by atoms with Crippen molar-refractivity contribution >= 4 is 34.6 Å². The number of nitriles is 1. The number of hydrogen-bond acceptors (Lipinski definition) is 5. The summed E-state index contributed by atoms with van der Waals surface area (Å²) in [6.45, 7) is 3.41. The number of halogens is 2. The fourth-order valence-electron chi connectivity index (χ4n) is 2.01. The molecule has 0 amide bonds. The molecule has 0 spiro atoms. The summed E-state index contributed by atoms with van der Waals surface area (Å²) in [6, 6.07) is 6.53. The lowest BCUT2D eigenvalue weighted by atomic mass is 10.1. The number of hydrogen-bond donors (Lipinski definition) is 1. The van der Waals surface area contributed by atoms with E-state index < -0.39 is 5.56 Å². The van der Waals surface area contributed by atoms with Gasteiger partial charge in [0, 0.05) is 12.1 Å². The highest BCUT2D eigenvalue weighted by Crippen LogP contribution is 2.29. The Balaban J connectivity index is 2.60. The maximum Gasteiger partial charge on any atom is 0.281 e. The molecule has 6 nitrogen and oxygen atoms in total.